The van der Waals surface area contributed by atoms with Crippen LogP contribution in [-0.4, -0.2) is 24.0 Å². The smallest absolute Gasteiger partial charge is 0.0795 e. The molecular formula is C9H15N. The van der Waals surface area contributed by atoms with Gasteiger partial charge in [0.2, 0.25) is 0 Å². The van der Waals surface area contributed by atoms with Crippen LogP contribution >= 0.6 is 0 Å². The minimum atomic E-state index is 0.175. The highest BCUT2D eigenvalue weighted by atomic mass is 15.2. The van der Waals surface area contributed by atoms with Crippen molar-refractivity contribution in [3.63, 3.8) is 0 Å². The van der Waals surface area contributed by atoms with E-state index in [2.05, 4.69) is 30.7 Å². The lowest BCUT2D eigenvalue weighted by Crippen LogP contribution is -2.36. The first-order chi connectivity index (χ1) is 4.69. The molecule has 0 aromatic rings. The topological polar surface area (TPSA) is 3.24 Å². The van der Waals surface area contributed by atoms with E-state index in [0.29, 0.717) is 0 Å². The summed E-state index contributed by atoms with van der Waals surface area (Å²) in [6.07, 6.45) is 2.52. The maximum atomic E-state index is 3.25. The molecule has 1 heteroatoms. The number of nitrogens with zero attached hydrogens (tertiary/aromatic N) is 1. The molecule has 0 N–H and O–H groups in total. The lowest BCUT2D eigenvalue weighted by Gasteiger charge is -2.25. The maximum absolute atomic E-state index is 3.25. The molecule has 1 aliphatic rings. The average molecular weight is 137 g/mol. The van der Waals surface area contributed by atoms with E-state index in [1.54, 1.807) is 0 Å². The molecule has 0 aromatic heterocycles. The number of hydrogen-bond donors (Lipinski definition) is 0. The summed E-state index contributed by atoms with van der Waals surface area (Å²) in [6.45, 7) is 5.33. The summed E-state index contributed by atoms with van der Waals surface area (Å²) in [6, 6.07) is 0. The van der Waals surface area contributed by atoms with Gasteiger partial charge in [-0.1, -0.05) is 5.92 Å². The van der Waals surface area contributed by atoms with Crippen molar-refractivity contribution >= 4 is 0 Å². The van der Waals surface area contributed by atoms with Gasteiger partial charge in [-0.2, -0.15) is 0 Å². The molecule has 1 heterocycles. The zero-order valence-electron chi connectivity index (χ0n) is 7.07. The van der Waals surface area contributed by atoms with Crippen LogP contribution in [0.4, 0.5) is 0 Å². The van der Waals surface area contributed by atoms with E-state index in [-0.39, 0.29) is 5.54 Å². The Kier molecular flexibility index (Phi) is 2.01. The van der Waals surface area contributed by atoms with E-state index in [1.807, 2.05) is 6.92 Å². The van der Waals surface area contributed by atoms with E-state index in [9.17, 15) is 0 Å². The molecule has 10 heavy (non-hydrogen) atoms. The Hall–Kier alpha value is -0.480. The van der Waals surface area contributed by atoms with Crippen molar-refractivity contribution in [2.45, 2.75) is 32.2 Å². The number of rotatable bonds is 0. The third-order valence-corrected chi connectivity index (χ3v) is 2.39. The summed E-state index contributed by atoms with van der Waals surface area (Å²) in [7, 11) is 2.15. The van der Waals surface area contributed by atoms with Crippen LogP contribution in [0.25, 0.3) is 0 Å². The third kappa shape index (κ3) is 1.17. The molecule has 0 aliphatic carbocycles. The van der Waals surface area contributed by atoms with Gasteiger partial charge in [-0.25, -0.2) is 0 Å². The zero-order chi connectivity index (χ0) is 7.61. The van der Waals surface area contributed by atoms with E-state index < -0.39 is 0 Å². The van der Waals surface area contributed by atoms with Gasteiger partial charge in [0.25, 0.3) is 0 Å². The second-order valence-corrected chi connectivity index (χ2v) is 3.17. The molecule has 0 unspecified atom stereocenters. The predicted octanol–water partition coefficient (Wildman–Crippen LogP) is 1.49. The fraction of sp³-hybridized carbons (Fsp3) is 0.778. The minimum absolute atomic E-state index is 0.175. The number of likely N-dealkylation sites (tertiary alicyclic amines) is 1. The highest BCUT2D eigenvalue weighted by Crippen LogP contribution is 2.25. The number of hydrogen-bond acceptors (Lipinski definition) is 1. The monoisotopic (exact) mass is 137 g/mol. The first kappa shape index (κ1) is 7.63. The van der Waals surface area contributed by atoms with Gasteiger partial charge in [0.1, 0.15) is 0 Å². The Morgan fingerprint density at radius 3 is 2.60 bits per heavy atom. The summed E-state index contributed by atoms with van der Waals surface area (Å²) in [5.41, 5.74) is 0.175. The molecule has 1 nitrogen and oxygen atoms in total. The fourth-order valence-corrected chi connectivity index (χ4v) is 1.53. The van der Waals surface area contributed by atoms with Gasteiger partial charge in [0, 0.05) is 0 Å². The minimum Gasteiger partial charge on any atom is -0.291 e. The first-order valence-corrected chi connectivity index (χ1v) is 3.84. The van der Waals surface area contributed by atoms with Crippen LogP contribution in [0.2, 0.25) is 0 Å². The second kappa shape index (κ2) is 2.64. The Morgan fingerprint density at radius 1 is 1.50 bits per heavy atom. The summed E-state index contributed by atoms with van der Waals surface area (Å²) >= 11 is 0. The molecule has 0 saturated carbocycles. The van der Waals surface area contributed by atoms with Crippen molar-refractivity contribution in [3.05, 3.63) is 0 Å². The third-order valence-electron chi connectivity index (χ3n) is 2.39. The van der Waals surface area contributed by atoms with Gasteiger partial charge in [-0.05, 0) is 40.3 Å². The zero-order valence-corrected chi connectivity index (χ0v) is 7.07. The normalized spacial score (nSPS) is 33.5. The highest BCUT2D eigenvalue weighted by molar-refractivity contribution is 5.16. The quantitative estimate of drug-likeness (QED) is 0.457. The van der Waals surface area contributed by atoms with Crippen LogP contribution < -0.4 is 0 Å². The largest absolute Gasteiger partial charge is 0.291 e. The van der Waals surface area contributed by atoms with Gasteiger partial charge in [0.15, 0.2) is 0 Å². The summed E-state index contributed by atoms with van der Waals surface area (Å²) in [4.78, 5) is 2.34. The van der Waals surface area contributed by atoms with Crippen LogP contribution in [0, 0.1) is 11.8 Å². The van der Waals surface area contributed by atoms with Crippen molar-refractivity contribution in [3.8, 4) is 11.8 Å². The van der Waals surface area contributed by atoms with Gasteiger partial charge in [0.05, 0.1) is 5.54 Å². The first-order valence-electron chi connectivity index (χ1n) is 3.84. The molecule has 1 aliphatic heterocycles. The van der Waals surface area contributed by atoms with E-state index in [1.165, 1.54) is 19.4 Å². The van der Waals surface area contributed by atoms with Crippen LogP contribution in [0.5, 0.6) is 0 Å². The van der Waals surface area contributed by atoms with Gasteiger partial charge < -0.3 is 0 Å². The van der Waals surface area contributed by atoms with E-state index in [0.717, 1.165) is 0 Å². The van der Waals surface area contributed by atoms with Crippen LogP contribution in [0.1, 0.15) is 26.7 Å². The lowest BCUT2D eigenvalue weighted by atomic mass is 10.0. The fourth-order valence-electron chi connectivity index (χ4n) is 1.53. The summed E-state index contributed by atoms with van der Waals surface area (Å²) < 4.78 is 0. The van der Waals surface area contributed by atoms with Crippen LogP contribution in [0.15, 0.2) is 0 Å². The molecular weight excluding hydrogens is 122 g/mol. The second-order valence-electron chi connectivity index (χ2n) is 3.17. The van der Waals surface area contributed by atoms with Crippen molar-refractivity contribution in [1.82, 2.24) is 4.90 Å². The molecule has 1 fully saturated rings. The molecule has 0 amide bonds. The van der Waals surface area contributed by atoms with Gasteiger partial charge in [-0.3, -0.25) is 4.90 Å². The molecule has 0 spiro atoms. The predicted molar refractivity (Wildman–Crippen MR) is 43.7 cm³/mol. The van der Waals surface area contributed by atoms with E-state index >= 15 is 0 Å². The van der Waals surface area contributed by atoms with Crippen molar-refractivity contribution in [2.75, 3.05) is 13.6 Å². The Labute approximate surface area is 63.4 Å². The Morgan fingerprint density at radius 2 is 2.20 bits per heavy atom. The molecule has 0 bridgehead atoms. The standard InChI is InChI=1S/C9H15N/c1-4-6-9(2)7-5-8-10(9)3/h5,7-8H2,1-3H3/t9-/m1/s1. The summed E-state index contributed by atoms with van der Waals surface area (Å²) in [5, 5.41) is 0. The molecule has 56 valence electrons. The highest BCUT2D eigenvalue weighted by Gasteiger charge is 2.31. The Bertz CT molecular complexity index is 175. The van der Waals surface area contributed by atoms with Gasteiger partial charge in [-0.15, -0.1) is 5.92 Å². The average Bonchev–Trinajstić information content (AvgIpc) is 2.15. The van der Waals surface area contributed by atoms with Crippen molar-refractivity contribution in [2.24, 2.45) is 0 Å². The SMILES string of the molecule is CC#C[C@]1(C)CCCN1C. The molecule has 1 atom stereocenters. The maximum Gasteiger partial charge on any atom is 0.0795 e. The molecule has 1 rings (SSSR count). The molecule has 0 radical (unpaired) electrons. The van der Waals surface area contributed by atoms with Gasteiger partial charge >= 0.3 is 0 Å². The van der Waals surface area contributed by atoms with Crippen LogP contribution in [0.3, 0.4) is 0 Å². The van der Waals surface area contributed by atoms with Crippen LogP contribution in [-0.2, 0) is 0 Å². The van der Waals surface area contributed by atoms with Crippen molar-refractivity contribution < 1.29 is 0 Å². The Balaban J connectivity index is 2.72. The summed E-state index contributed by atoms with van der Waals surface area (Å²) in [5.74, 6) is 6.24. The molecule has 1 saturated heterocycles. The van der Waals surface area contributed by atoms with Crippen molar-refractivity contribution in [1.29, 1.82) is 0 Å². The lowest BCUT2D eigenvalue weighted by molar-refractivity contribution is 0.262. The molecule has 0 aromatic carbocycles. The van der Waals surface area contributed by atoms with E-state index in [4.69, 9.17) is 0 Å².